The van der Waals surface area contributed by atoms with Crippen molar-refractivity contribution in [1.82, 2.24) is 5.32 Å². The molecule has 1 aliphatic rings. The van der Waals surface area contributed by atoms with Crippen LogP contribution in [-0.4, -0.2) is 11.1 Å². The summed E-state index contributed by atoms with van der Waals surface area (Å²) in [7, 11) is 0. The Labute approximate surface area is 91.3 Å². The Hall–Kier alpha value is -1.02. The second-order valence-corrected chi connectivity index (χ2v) is 5.26. The van der Waals surface area contributed by atoms with Gasteiger partial charge >= 0.3 is 0 Å². The summed E-state index contributed by atoms with van der Waals surface area (Å²) in [5.74, 6) is 0.395. The highest BCUT2D eigenvalue weighted by atomic mass is 16.3. The molecule has 1 fully saturated rings. The standard InChI is InChI=1S/C13H19NO/c1-9-4-5-11(15)10(6-9)8-14-12-7-13(12,2)3/h4-6,12,14-15H,7-8H2,1-3H3. The maximum Gasteiger partial charge on any atom is 0.120 e. The molecule has 15 heavy (non-hydrogen) atoms. The molecule has 0 aromatic heterocycles. The largest absolute Gasteiger partial charge is 0.508 e. The number of hydrogen-bond acceptors (Lipinski definition) is 2. The molecule has 0 aliphatic heterocycles. The van der Waals surface area contributed by atoms with Gasteiger partial charge < -0.3 is 10.4 Å². The van der Waals surface area contributed by atoms with Gasteiger partial charge in [-0.2, -0.15) is 0 Å². The first-order valence-electron chi connectivity index (χ1n) is 5.51. The second-order valence-electron chi connectivity index (χ2n) is 5.26. The number of aromatic hydroxyl groups is 1. The molecule has 2 N–H and O–H groups in total. The fraction of sp³-hybridized carbons (Fsp3) is 0.538. The van der Waals surface area contributed by atoms with E-state index in [2.05, 4.69) is 19.2 Å². The molecule has 0 radical (unpaired) electrons. The van der Waals surface area contributed by atoms with Crippen LogP contribution in [-0.2, 0) is 6.54 Å². The Morgan fingerprint density at radius 3 is 2.73 bits per heavy atom. The average molecular weight is 205 g/mol. The van der Waals surface area contributed by atoms with Gasteiger partial charge in [0.1, 0.15) is 5.75 Å². The van der Waals surface area contributed by atoms with Crippen LogP contribution in [0, 0.1) is 12.3 Å². The summed E-state index contributed by atoms with van der Waals surface area (Å²) in [6.45, 7) is 7.34. The molecule has 1 aliphatic carbocycles. The molecule has 2 rings (SSSR count). The van der Waals surface area contributed by atoms with Crippen LogP contribution >= 0.6 is 0 Å². The smallest absolute Gasteiger partial charge is 0.120 e. The Morgan fingerprint density at radius 2 is 2.13 bits per heavy atom. The van der Waals surface area contributed by atoms with Crippen molar-refractivity contribution in [3.63, 3.8) is 0 Å². The van der Waals surface area contributed by atoms with Crippen molar-refractivity contribution in [3.05, 3.63) is 29.3 Å². The molecule has 1 atom stereocenters. The highest BCUT2D eigenvalue weighted by Gasteiger charge is 2.45. The molecular weight excluding hydrogens is 186 g/mol. The molecule has 0 amide bonds. The van der Waals surface area contributed by atoms with Crippen LogP contribution < -0.4 is 5.32 Å². The van der Waals surface area contributed by atoms with Gasteiger partial charge in [-0.3, -0.25) is 0 Å². The molecular formula is C13H19NO. The van der Waals surface area contributed by atoms with E-state index in [1.165, 1.54) is 12.0 Å². The van der Waals surface area contributed by atoms with E-state index < -0.39 is 0 Å². The summed E-state index contributed by atoms with van der Waals surface area (Å²) in [6.07, 6.45) is 1.24. The quantitative estimate of drug-likeness (QED) is 0.795. The zero-order valence-electron chi connectivity index (χ0n) is 9.67. The van der Waals surface area contributed by atoms with E-state index in [1.807, 2.05) is 19.1 Å². The van der Waals surface area contributed by atoms with Crippen LogP contribution in [0.1, 0.15) is 31.4 Å². The van der Waals surface area contributed by atoms with Gasteiger partial charge in [0.15, 0.2) is 0 Å². The summed E-state index contributed by atoms with van der Waals surface area (Å²) in [5, 5.41) is 13.1. The van der Waals surface area contributed by atoms with E-state index in [0.717, 1.165) is 12.1 Å². The monoisotopic (exact) mass is 205 g/mol. The van der Waals surface area contributed by atoms with Gasteiger partial charge in [0.2, 0.25) is 0 Å². The minimum absolute atomic E-state index is 0.395. The first-order valence-corrected chi connectivity index (χ1v) is 5.51. The van der Waals surface area contributed by atoms with E-state index in [1.54, 1.807) is 6.07 Å². The average Bonchev–Trinajstić information content (AvgIpc) is 2.76. The summed E-state index contributed by atoms with van der Waals surface area (Å²) in [5.41, 5.74) is 2.64. The number of benzene rings is 1. The van der Waals surface area contributed by atoms with Crippen molar-refractivity contribution >= 4 is 0 Å². The van der Waals surface area contributed by atoms with Crippen molar-refractivity contribution in [2.24, 2.45) is 5.41 Å². The van der Waals surface area contributed by atoms with E-state index >= 15 is 0 Å². The summed E-state index contributed by atoms with van der Waals surface area (Å²) in [6, 6.07) is 6.35. The Morgan fingerprint density at radius 1 is 1.47 bits per heavy atom. The van der Waals surface area contributed by atoms with Crippen molar-refractivity contribution in [2.45, 2.75) is 39.8 Å². The first-order chi connectivity index (χ1) is 6.99. The summed E-state index contributed by atoms with van der Waals surface area (Å²) in [4.78, 5) is 0. The molecule has 1 unspecified atom stereocenters. The van der Waals surface area contributed by atoms with Gasteiger partial charge in [-0.15, -0.1) is 0 Å². The molecule has 1 aromatic carbocycles. The van der Waals surface area contributed by atoms with Crippen LogP contribution in [0.2, 0.25) is 0 Å². The van der Waals surface area contributed by atoms with Crippen LogP contribution in [0.3, 0.4) is 0 Å². The van der Waals surface area contributed by atoms with E-state index in [0.29, 0.717) is 17.2 Å². The minimum atomic E-state index is 0.395. The fourth-order valence-corrected chi connectivity index (χ4v) is 1.90. The molecule has 0 bridgehead atoms. The molecule has 0 saturated heterocycles. The molecule has 0 spiro atoms. The Bertz CT molecular complexity index is 371. The van der Waals surface area contributed by atoms with Gasteiger partial charge in [-0.1, -0.05) is 31.5 Å². The molecule has 1 saturated carbocycles. The lowest BCUT2D eigenvalue weighted by Gasteiger charge is -2.09. The maximum absolute atomic E-state index is 9.66. The lowest BCUT2D eigenvalue weighted by molar-refractivity contribution is 0.460. The third-order valence-corrected chi connectivity index (χ3v) is 3.29. The zero-order valence-corrected chi connectivity index (χ0v) is 9.67. The van der Waals surface area contributed by atoms with Gasteiger partial charge in [-0.05, 0) is 24.8 Å². The van der Waals surface area contributed by atoms with Crippen LogP contribution in [0.4, 0.5) is 0 Å². The van der Waals surface area contributed by atoms with Crippen LogP contribution in [0.5, 0.6) is 5.75 Å². The zero-order chi connectivity index (χ0) is 11.1. The number of phenols is 1. The molecule has 1 aromatic rings. The molecule has 0 heterocycles. The first kappa shape index (κ1) is 10.5. The van der Waals surface area contributed by atoms with Gasteiger partial charge in [0.05, 0.1) is 0 Å². The maximum atomic E-state index is 9.66. The van der Waals surface area contributed by atoms with Crippen molar-refractivity contribution in [2.75, 3.05) is 0 Å². The number of hydrogen-bond donors (Lipinski definition) is 2. The lowest BCUT2D eigenvalue weighted by atomic mass is 10.1. The van der Waals surface area contributed by atoms with Crippen molar-refractivity contribution in [3.8, 4) is 5.75 Å². The topological polar surface area (TPSA) is 32.3 Å². The van der Waals surface area contributed by atoms with Crippen molar-refractivity contribution < 1.29 is 5.11 Å². The van der Waals surface area contributed by atoms with Crippen LogP contribution in [0.25, 0.3) is 0 Å². The number of nitrogens with one attached hydrogen (secondary N) is 1. The van der Waals surface area contributed by atoms with Crippen molar-refractivity contribution in [1.29, 1.82) is 0 Å². The Kier molecular flexibility index (Phi) is 2.47. The summed E-state index contributed by atoms with van der Waals surface area (Å²) < 4.78 is 0. The fourth-order valence-electron chi connectivity index (χ4n) is 1.90. The highest BCUT2D eigenvalue weighted by molar-refractivity contribution is 5.35. The SMILES string of the molecule is Cc1ccc(O)c(CNC2CC2(C)C)c1. The molecule has 2 nitrogen and oxygen atoms in total. The minimum Gasteiger partial charge on any atom is -0.508 e. The third kappa shape index (κ3) is 2.32. The molecule has 2 heteroatoms. The third-order valence-electron chi connectivity index (χ3n) is 3.29. The normalized spacial score (nSPS) is 22.7. The van der Waals surface area contributed by atoms with E-state index in [9.17, 15) is 5.11 Å². The van der Waals surface area contributed by atoms with E-state index in [4.69, 9.17) is 0 Å². The van der Waals surface area contributed by atoms with Gasteiger partial charge in [0, 0.05) is 18.2 Å². The number of phenolic OH excluding ortho intramolecular Hbond substituents is 1. The summed E-state index contributed by atoms with van der Waals surface area (Å²) >= 11 is 0. The number of rotatable bonds is 3. The van der Waals surface area contributed by atoms with Gasteiger partial charge in [-0.25, -0.2) is 0 Å². The Balaban J connectivity index is 1.96. The number of aryl methyl sites for hydroxylation is 1. The van der Waals surface area contributed by atoms with Crippen LogP contribution in [0.15, 0.2) is 18.2 Å². The van der Waals surface area contributed by atoms with E-state index in [-0.39, 0.29) is 0 Å². The predicted octanol–water partition coefficient (Wildman–Crippen LogP) is 2.59. The second kappa shape index (κ2) is 3.53. The highest BCUT2D eigenvalue weighted by Crippen LogP contribution is 2.44. The lowest BCUT2D eigenvalue weighted by Crippen LogP contribution is -2.20. The molecule has 82 valence electrons. The predicted molar refractivity (Wildman–Crippen MR) is 61.9 cm³/mol. The van der Waals surface area contributed by atoms with Gasteiger partial charge in [0.25, 0.3) is 0 Å².